The van der Waals surface area contributed by atoms with Crippen LogP contribution in [0.25, 0.3) is 11.0 Å². The molecule has 2 heterocycles. The molecule has 0 spiro atoms. The van der Waals surface area contributed by atoms with Crippen LogP contribution < -0.4 is 19.8 Å². The molecule has 0 fully saturated rings. The van der Waals surface area contributed by atoms with Gasteiger partial charge in [0, 0.05) is 10.2 Å². The number of carbonyl (C=O) groups excluding carboxylic acids is 1. The molecule has 0 bridgehead atoms. The minimum atomic E-state index is -0.690. The van der Waals surface area contributed by atoms with Crippen molar-refractivity contribution < 1.29 is 18.7 Å². The maximum atomic E-state index is 14.0. The van der Waals surface area contributed by atoms with E-state index < -0.39 is 6.04 Å². The zero-order valence-electron chi connectivity index (χ0n) is 22.7. The molecule has 1 amide bonds. The Bertz CT molecular complexity index is 1590. The van der Waals surface area contributed by atoms with Gasteiger partial charge in [-0.3, -0.25) is 14.5 Å². The highest BCUT2D eigenvalue weighted by Crippen LogP contribution is 2.43. The summed E-state index contributed by atoms with van der Waals surface area (Å²) in [5.74, 6) is 0.946. The minimum absolute atomic E-state index is 0.0709. The predicted molar refractivity (Wildman–Crippen MR) is 157 cm³/mol. The van der Waals surface area contributed by atoms with Gasteiger partial charge in [-0.2, -0.15) is 0 Å². The van der Waals surface area contributed by atoms with Crippen molar-refractivity contribution in [3.05, 3.63) is 97.3 Å². The fourth-order valence-corrected chi connectivity index (χ4v) is 5.29. The van der Waals surface area contributed by atoms with Crippen LogP contribution in [0.5, 0.6) is 11.5 Å². The molecule has 0 saturated carbocycles. The van der Waals surface area contributed by atoms with E-state index in [9.17, 15) is 9.59 Å². The fraction of sp³-hybridized carbons (Fsp3) is 0.312. The number of anilines is 1. The molecule has 3 aromatic carbocycles. The Morgan fingerprint density at radius 1 is 0.897 bits per heavy atom. The van der Waals surface area contributed by atoms with Gasteiger partial charge in [-0.25, -0.2) is 0 Å². The topological polar surface area (TPSA) is 69.0 Å². The first-order valence-electron chi connectivity index (χ1n) is 13.4. The number of ether oxygens (including phenoxy) is 2. The molecule has 4 aromatic rings. The average Bonchev–Trinajstić information content (AvgIpc) is 3.21. The molecule has 6 nitrogen and oxygen atoms in total. The van der Waals surface area contributed by atoms with E-state index >= 15 is 0 Å². The van der Waals surface area contributed by atoms with Crippen LogP contribution in [0, 0.1) is 13.8 Å². The Balaban J connectivity index is 1.69. The van der Waals surface area contributed by atoms with Crippen molar-refractivity contribution in [3.63, 3.8) is 0 Å². The van der Waals surface area contributed by atoms with Gasteiger partial charge in [0.25, 0.3) is 5.91 Å². The highest BCUT2D eigenvalue weighted by molar-refractivity contribution is 9.10. The minimum Gasteiger partial charge on any atom is -0.490 e. The maximum absolute atomic E-state index is 14.0. The van der Waals surface area contributed by atoms with Crippen LogP contribution in [0.3, 0.4) is 0 Å². The molecular formula is C32H32BrNO5. The average molecular weight is 591 g/mol. The van der Waals surface area contributed by atoms with E-state index in [4.69, 9.17) is 13.9 Å². The van der Waals surface area contributed by atoms with Crippen LogP contribution in [0.1, 0.15) is 72.0 Å². The van der Waals surface area contributed by atoms with E-state index in [0.717, 1.165) is 40.4 Å². The quantitative estimate of drug-likeness (QED) is 0.186. The summed E-state index contributed by atoms with van der Waals surface area (Å²) in [6.45, 7) is 9.05. The van der Waals surface area contributed by atoms with Crippen molar-refractivity contribution in [1.29, 1.82) is 0 Å². The Morgan fingerprint density at radius 2 is 1.64 bits per heavy atom. The van der Waals surface area contributed by atoms with Crippen LogP contribution in [-0.4, -0.2) is 19.1 Å². The lowest BCUT2D eigenvalue weighted by Gasteiger charge is -2.26. The lowest BCUT2D eigenvalue weighted by molar-refractivity contribution is 0.0971. The van der Waals surface area contributed by atoms with Crippen molar-refractivity contribution in [1.82, 2.24) is 0 Å². The Hall–Kier alpha value is -3.58. The van der Waals surface area contributed by atoms with Gasteiger partial charge in [-0.15, -0.1) is 0 Å². The molecule has 1 aliphatic rings. The monoisotopic (exact) mass is 589 g/mol. The molecule has 7 heteroatoms. The summed E-state index contributed by atoms with van der Waals surface area (Å²) in [4.78, 5) is 29.6. The number of unbranched alkanes of at least 4 members (excludes halogenated alkanes) is 2. The van der Waals surface area contributed by atoms with Gasteiger partial charge < -0.3 is 13.9 Å². The number of aryl methyl sites for hydroxylation is 2. The molecule has 0 aliphatic carbocycles. The highest BCUT2D eigenvalue weighted by Gasteiger charge is 2.44. The Morgan fingerprint density at radius 3 is 2.36 bits per heavy atom. The predicted octanol–water partition coefficient (Wildman–Crippen LogP) is 7.89. The molecule has 0 radical (unpaired) electrons. The van der Waals surface area contributed by atoms with Gasteiger partial charge in [0.1, 0.15) is 5.58 Å². The normalized spacial score (nSPS) is 14.6. The third kappa shape index (κ3) is 5.08. The number of hydrogen-bond donors (Lipinski definition) is 0. The third-order valence-electron chi connectivity index (χ3n) is 7.18. The van der Waals surface area contributed by atoms with E-state index in [2.05, 4.69) is 22.9 Å². The number of amides is 1. The second-order valence-electron chi connectivity index (χ2n) is 9.86. The molecule has 202 valence electrons. The molecule has 0 N–H and O–H groups in total. The van der Waals surface area contributed by atoms with E-state index in [1.807, 2.05) is 75.4 Å². The number of hydrogen-bond acceptors (Lipinski definition) is 5. The summed E-state index contributed by atoms with van der Waals surface area (Å²) < 4.78 is 19.1. The van der Waals surface area contributed by atoms with Gasteiger partial charge >= 0.3 is 0 Å². The molecule has 39 heavy (non-hydrogen) atoms. The lowest BCUT2D eigenvalue weighted by Crippen LogP contribution is -2.29. The molecule has 1 atom stereocenters. The van der Waals surface area contributed by atoms with Crippen molar-refractivity contribution >= 4 is 38.5 Å². The largest absolute Gasteiger partial charge is 0.490 e. The van der Waals surface area contributed by atoms with E-state index in [-0.39, 0.29) is 17.1 Å². The van der Waals surface area contributed by atoms with Gasteiger partial charge in [-0.05, 0) is 92.4 Å². The summed E-state index contributed by atoms with van der Waals surface area (Å²) in [6, 6.07) is 16.1. The number of carbonyl (C=O) groups is 1. The smallest absolute Gasteiger partial charge is 0.295 e. The number of rotatable bonds is 9. The van der Waals surface area contributed by atoms with E-state index in [0.29, 0.717) is 46.9 Å². The van der Waals surface area contributed by atoms with Crippen molar-refractivity contribution in [2.45, 2.75) is 53.0 Å². The summed E-state index contributed by atoms with van der Waals surface area (Å²) >= 11 is 3.47. The van der Waals surface area contributed by atoms with Gasteiger partial charge in [-0.1, -0.05) is 41.8 Å². The molecule has 1 unspecified atom stereocenters. The summed E-state index contributed by atoms with van der Waals surface area (Å²) in [7, 11) is 0. The van der Waals surface area contributed by atoms with Crippen LogP contribution in [-0.2, 0) is 0 Å². The highest BCUT2D eigenvalue weighted by atomic mass is 79.9. The second kappa shape index (κ2) is 11.3. The Kier molecular flexibility index (Phi) is 7.80. The van der Waals surface area contributed by atoms with Gasteiger partial charge in [0.2, 0.25) is 5.76 Å². The van der Waals surface area contributed by atoms with Crippen LogP contribution in [0.2, 0.25) is 0 Å². The van der Waals surface area contributed by atoms with Crippen LogP contribution >= 0.6 is 15.9 Å². The summed E-state index contributed by atoms with van der Waals surface area (Å²) in [6.07, 6.45) is 3.16. The van der Waals surface area contributed by atoms with E-state index in [1.54, 1.807) is 4.90 Å². The van der Waals surface area contributed by atoms with Gasteiger partial charge in [0.05, 0.1) is 30.2 Å². The molecule has 5 rings (SSSR count). The van der Waals surface area contributed by atoms with Crippen molar-refractivity contribution in [3.8, 4) is 11.5 Å². The first-order chi connectivity index (χ1) is 18.8. The van der Waals surface area contributed by atoms with Crippen molar-refractivity contribution in [2.75, 3.05) is 18.1 Å². The molecule has 0 saturated heterocycles. The number of fused-ring (bicyclic) bond motifs is 2. The van der Waals surface area contributed by atoms with E-state index in [1.165, 1.54) is 0 Å². The first kappa shape index (κ1) is 27.0. The zero-order chi connectivity index (χ0) is 27.7. The van der Waals surface area contributed by atoms with Gasteiger partial charge in [0.15, 0.2) is 16.9 Å². The SMILES string of the molecule is CCCCCOc1ccc(C2c3c(oc4cc(C)c(C)cc4c3=O)C(=O)N2c2ccc(Br)cc2)cc1OCC. The van der Waals surface area contributed by atoms with Crippen molar-refractivity contribution in [2.24, 2.45) is 0 Å². The summed E-state index contributed by atoms with van der Waals surface area (Å²) in [5.41, 5.74) is 3.93. The second-order valence-corrected chi connectivity index (χ2v) is 10.8. The standard InChI is InChI=1S/C32H32BrNO5/c1-5-7-8-15-38-25-14-9-21(18-27(25)37-6-2)29-28-30(35)24-16-19(3)20(4)17-26(24)39-31(28)32(36)34(29)23-12-10-22(33)11-13-23/h9-14,16-18,29H,5-8,15H2,1-4H3. The third-order valence-corrected chi connectivity index (χ3v) is 7.71. The molecular weight excluding hydrogens is 558 g/mol. The zero-order valence-corrected chi connectivity index (χ0v) is 24.3. The first-order valence-corrected chi connectivity index (χ1v) is 14.2. The fourth-order valence-electron chi connectivity index (χ4n) is 5.03. The van der Waals surface area contributed by atoms with Crippen LogP contribution in [0.4, 0.5) is 5.69 Å². The lowest BCUT2D eigenvalue weighted by atomic mass is 9.97. The summed E-state index contributed by atoms with van der Waals surface area (Å²) in [5, 5.41) is 0.466. The number of halogens is 1. The Labute approximate surface area is 236 Å². The number of benzene rings is 3. The number of nitrogens with zero attached hydrogens (tertiary/aromatic N) is 1. The molecule has 1 aliphatic heterocycles. The maximum Gasteiger partial charge on any atom is 0.295 e. The molecule has 1 aromatic heterocycles. The van der Waals surface area contributed by atoms with Crippen LogP contribution in [0.15, 0.2) is 68.3 Å².